The van der Waals surface area contributed by atoms with Crippen LogP contribution < -0.4 is 10.1 Å². The molecular formula is C13H15N3O3. The van der Waals surface area contributed by atoms with E-state index in [9.17, 15) is 4.79 Å². The van der Waals surface area contributed by atoms with Gasteiger partial charge in [0.15, 0.2) is 5.69 Å². The second-order valence-corrected chi connectivity index (χ2v) is 3.91. The zero-order chi connectivity index (χ0) is 13.5. The minimum atomic E-state index is -0.582. The van der Waals surface area contributed by atoms with Gasteiger partial charge in [-0.1, -0.05) is 0 Å². The van der Waals surface area contributed by atoms with Crippen LogP contribution in [0.5, 0.6) is 5.88 Å². The van der Waals surface area contributed by atoms with Gasteiger partial charge in [-0.2, -0.15) is 0 Å². The van der Waals surface area contributed by atoms with Crippen molar-refractivity contribution in [3.05, 3.63) is 18.1 Å². The number of carbonyl (C=O) groups is 1. The number of nitrogens with zero attached hydrogens (tertiary/aromatic N) is 2. The maximum absolute atomic E-state index is 11.2. The maximum Gasteiger partial charge on any atom is 0.384 e. The maximum atomic E-state index is 11.2. The molecule has 2 rings (SSSR count). The molecule has 1 saturated heterocycles. The molecule has 0 aromatic carbocycles. The number of nitrogens with one attached hydrogen (secondary N) is 1. The topological polar surface area (TPSA) is 73.3 Å². The van der Waals surface area contributed by atoms with Gasteiger partial charge in [0.2, 0.25) is 5.88 Å². The number of carbonyl (C=O) groups excluding carboxylic acids is 1. The van der Waals surface area contributed by atoms with Crippen molar-refractivity contribution < 1.29 is 14.3 Å². The van der Waals surface area contributed by atoms with Crippen molar-refractivity contribution in [2.24, 2.45) is 0 Å². The zero-order valence-corrected chi connectivity index (χ0v) is 10.7. The van der Waals surface area contributed by atoms with E-state index in [1.165, 1.54) is 12.4 Å². The van der Waals surface area contributed by atoms with Crippen molar-refractivity contribution in [1.82, 2.24) is 15.3 Å². The molecule has 0 amide bonds. The smallest absolute Gasteiger partial charge is 0.384 e. The van der Waals surface area contributed by atoms with Gasteiger partial charge in [-0.05, 0) is 25.8 Å². The second-order valence-electron chi connectivity index (χ2n) is 3.91. The van der Waals surface area contributed by atoms with Crippen LogP contribution in [0.3, 0.4) is 0 Å². The standard InChI is InChI=1S/C13H15N3O3/c1-2-18-12(17)4-3-11-13(16-8-7-15-11)19-10-5-6-14-9-10/h7-8,10,14H,2,5-6,9H2,1H3. The fourth-order valence-corrected chi connectivity index (χ4v) is 1.66. The third kappa shape index (κ3) is 3.93. The molecule has 1 aromatic rings. The highest BCUT2D eigenvalue weighted by Gasteiger charge is 2.18. The predicted molar refractivity (Wildman–Crippen MR) is 67.4 cm³/mol. The van der Waals surface area contributed by atoms with Crippen LogP contribution in [0.15, 0.2) is 12.4 Å². The molecular weight excluding hydrogens is 246 g/mol. The summed E-state index contributed by atoms with van der Waals surface area (Å²) in [6.07, 6.45) is 4.03. The third-order valence-electron chi connectivity index (χ3n) is 2.52. The van der Waals surface area contributed by atoms with Crippen LogP contribution in [-0.2, 0) is 9.53 Å². The molecule has 1 N–H and O–H groups in total. The first-order valence-corrected chi connectivity index (χ1v) is 6.16. The van der Waals surface area contributed by atoms with Gasteiger partial charge < -0.3 is 14.8 Å². The van der Waals surface area contributed by atoms with Gasteiger partial charge in [-0.25, -0.2) is 14.8 Å². The monoisotopic (exact) mass is 261 g/mol. The van der Waals surface area contributed by atoms with E-state index in [4.69, 9.17) is 9.47 Å². The SMILES string of the molecule is CCOC(=O)C#Cc1nccnc1OC1CCNC1. The van der Waals surface area contributed by atoms with E-state index < -0.39 is 5.97 Å². The quantitative estimate of drug-likeness (QED) is 0.616. The summed E-state index contributed by atoms with van der Waals surface area (Å²) in [6.45, 7) is 3.73. The molecule has 0 saturated carbocycles. The zero-order valence-electron chi connectivity index (χ0n) is 10.7. The number of hydrogen-bond donors (Lipinski definition) is 1. The molecule has 1 atom stereocenters. The summed E-state index contributed by atoms with van der Waals surface area (Å²) in [4.78, 5) is 19.3. The first-order valence-electron chi connectivity index (χ1n) is 6.16. The summed E-state index contributed by atoms with van der Waals surface area (Å²) in [5, 5.41) is 3.20. The van der Waals surface area contributed by atoms with Crippen LogP contribution in [0.4, 0.5) is 0 Å². The van der Waals surface area contributed by atoms with Crippen LogP contribution in [-0.4, -0.2) is 41.7 Å². The van der Waals surface area contributed by atoms with Gasteiger partial charge in [0.25, 0.3) is 0 Å². The highest BCUT2D eigenvalue weighted by atomic mass is 16.5. The van der Waals surface area contributed by atoms with Gasteiger partial charge in [0.05, 0.1) is 6.61 Å². The molecule has 100 valence electrons. The first-order chi connectivity index (χ1) is 9.29. The predicted octanol–water partition coefficient (Wildman–Crippen LogP) is 0.132. The molecule has 1 unspecified atom stereocenters. The number of aromatic nitrogens is 2. The van der Waals surface area contributed by atoms with E-state index in [0.29, 0.717) is 18.2 Å². The molecule has 6 heteroatoms. The van der Waals surface area contributed by atoms with Crippen molar-refractivity contribution in [2.45, 2.75) is 19.4 Å². The number of hydrogen-bond acceptors (Lipinski definition) is 6. The van der Waals surface area contributed by atoms with Crippen molar-refractivity contribution in [3.63, 3.8) is 0 Å². The Kier molecular flexibility index (Phi) is 4.70. The average Bonchev–Trinajstić information content (AvgIpc) is 2.91. The Balaban J connectivity index is 2.09. The Hall–Kier alpha value is -2.13. The van der Waals surface area contributed by atoms with Gasteiger partial charge in [0, 0.05) is 24.9 Å². The lowest BCUT2D eigenvalue weighted by Crippen LogP contribution is -2.20. The third-order valence-corrected chi connectivity index (χ3v) is 2.52. The Morgan fingerprint density at radius 2 is 2.37 bits per heavy atom. The molecule has 6 nitrogen and oxygen atoms in total. The van der Waals surface area contributed by atoms with Crippen LogP contribution in [0.25, 0.3) is 0 Å². The summed E-state index contributed by atoms with van der Waals surface area (Å²) in [7, 11) is 0. The van der Waals surface area contributed by atoms with E-state index in [1.807, 2.05) is 0 Å². The van der Waals surface area contributed by atoms with E-state index in [-0.39, 0.29) is 6.10 Å². The Labute approximate surface area is 111 Å². The number of esters is 1. The van der Waals surface area contributed by atoms with E-state index >= 15 is 0 Å². The highest BCUT2D eigenvalue weighted by molar-refractivity contribution is 5.89. The molecule has 1 aliphatic rings. The van der Waals surface area contributed by atoms with Crippen molar-refractivity contribution in [3.8, 4) is 17.7 Å². The van der Waals surface area contributed by atoms with Crippen molar-refractivity contribution in [2.75, 3.05) is 19.7 Å². The van der Waals surface area contributed by atoms with Gasteiger partial charge in [-0.3, -0.25) is 0 Å². The Bertz CT molecular complexity index is 501. The highest BCUT2D eigenvalue weighted by Crippen LogP contribution is 2.14. The lowest BCUT2D eigenvalue weighted by Gasteiger charge is -2.11. The first kappa shape index (κ1) is 13.3. The Morgan fingerprint density at radius 3 is 3.11 bits per heavy atom. The minimum Gasteiger partial charge on any atom is -0.471 e. The molecule has 0 spiro atoms. The molecule has 2 heterocycles. The number of ether oxygens (including phenoxy) is 2. The molecule has 1 fully saturated rings. The summed E-state index contributed by atoms with van der Waals surface area (Å²) < 4.78 is 10.4. The fraction of sp³-hybridized carbons (Fsp3) is 0.462. The molecule has 19 heavy (non-hydrogen) atoms. The molecule has 0 aliphatic carbocycles. The molecule has 1 aliphatic heterocycles. The summed E-state index contributed by atoms with van der Waals surface area (Å²) in [6, 6.07) is 0. The van der Waals surface area contributed by atoms with Crippen LogP contribution in [0.2, 0.25) is 0 Å². The van der Waals surface area contributed by atoms with Gasteiger partial charge in [0.1, 0.15) is 6.10 Å². The van der Waals surface area contributed by atoms with E-state index in [1.54, 1.807) is 6.92 Å². The van der Waals surface area contributed by atoms with Gasteiger partial charge in [-0.15, -0.1) is 0 Å². The average molecular weight is 261 g/mol. The molecule has 0 bridgehead atoms. The normalized spacial score (nSPS) is 17.4. The van der Waals surface area contributed by atoms with Crippen LogP contribution >= 0.6 is 0 Å². The van der Waals surface area contributed by atoms with E-state index in [2.05, 4.69) is 27.1 Å². The van der Waals surface area contributed by atoms with Gasteiger partial charge >= 0.3 is 5.97 Å². The minimum absolute atomic E-state index is 0.0693. The molecule has 0 radical (unpaired) electrons. The lowest BCUT2D eigenvalue weighted by atomic mass is 10.3. The van der Waals surface area contributed by atoms with Crippen molar-refractivity contribution in [1.29, 1.82) is 0 Å². The second kappa shape index (κ2) is 6.71. The number of rotatable bonds is 3. The van der Waals surface area contributed by atoms with E-state index in [0.717, 1.165) is 19.5 Å². The fourth-order valence-electron chi connectivity index (χ4n) is 1.66. The van der Waals surface area contributed by atoms with Crippen LogP contribution in [0, 0.1) is 11.8 Å². The largest absolute Gasteiger partial charge is 0.471 e. The summed E-state index contributed by atoms with van der Waals surface area (Å²) >= 11 is 0. The van der Waals surface area contributed by atoms with Crippen molar-refractivity contribution >= 4 is 5.97 Å². The summed E-state index contributed by atoms with van der Waals surface area (Å²) in [5.41, 5.74) is 0.349. The lowest BCUT2D eigenvalue weighted by molar-refractivity contribution is -0.136. The summed E-state index contributed by atoms with van der Waals surface area (Å²) in [5.74, 6) is 4.76. The van der Waals surface area contributed by atoms with Crippen LogP contribution in [0.1, 0.15) is 19.0 Å². The Morgan fingerprint density at radius 1 is 1.53 bits per heavy atom. The molecule has 1 aromatic heterocycles.